The third kappa shape index (κ3) is 16.3. The molecule has 0 aromatic heterocycles. The molecule has 0 bridgehead atoms. The summed E-state index contributed by atoms with van der Waals surface area (Å²) in [5, 5.41) is 0. The van der Waals surface area contributed by atoms with Gasteiger partial charge in [0, 0.05) is 7.11 Å². The smallest absolute Gasteiger partial charge is 0.102 e. The molecule has 0 aliphatic heterocycles. The Hall–Kier alpha value is 0.210. The molecule has 0 aliphatic carbocycles. The molecule has 0 N–H and O–H groups in total. The van der Waals surface area contributed by atoms with E-state index in [1.807, 2.05) is 0 Å². The second kappa shape index (κ2) is 15.6. The van der Waals surface area contributed by atoms with Crippen LogP contribution in [0.5, 0.6) is 0 Å². The Labute approximate surface area is 134 Å². The van der Waals surface area contributed by atoms with Gasteiger partial charge in [-0.3, -0.25) is 0 Å². The van der Waals surface area contributed by atoms with Crippen LogP contribution in [0, 0.1) is 0 Å². The van der Waals surface area contributed by atoms with Crippen molar-refractivity contribution in [1.82, 2.24) is 0 Å². The fourth-order valence-electron chi connectivity index (χ4n) is 2.48. The first-order valence-corrected chi connectivity index (χ1v) is 8.43. The topological polar surface area (TPSA) is 9.23 Å². The molecule has 0 atom stereocenters. The molecule has 0 fully saturated rings. The fraction of sp³-hybridized carbons (Fsp3) is 1.00. The average molecular weight is 308 g/mol. The van der Waals surface area contributed by atoms with E-state index in [-0.39, 0.29) is 12.4 Å². The van der Waals surface area contributed by atoms with Gasteiger partial charge in [-0.1, -0.05) is 58.3 Å². The number of hydrogen-bond acceptors (Lipinski definition) is 1. The van der Waals surface area contributed by atoms with Crippen molar-refractivity contribution in [1.29, 1.82) is 0 Å². The van der Waals surface area contributed by atoms with Crippen LogP contribution in [0.3, 0.4) is 0 Å². The average Bonchev–Trinajstić information content (AvgIpc) is 2.38. The lowest BCUT2D eigenvalue weighted by atomic mass is 10.1. The lowest BCUT2D eigenvalue weighted by molar-refractivity contribution is -0.890. The SMILES string of the molecule is CCCCCCCCCCCC[N+](C)(C)CCOC.[Cl-]. The van der Waals surface area contributed by atoms with Crippen molar-refractivity contribution in [3.05, 3.63) is 0 Å². The maximum atomic E-state index is 5.16. The second-order valence-corrected chi connectivity index (χ2v) is 6.56. The van der Waals surface area contributed by atoms with Crippen LogP contribution in [-0.4, -0.2) is 45.4 Å². The molecule has 20 heavy (non-hydrogen) atoms. The third-order valence-corrected chi connectivity index (χ3v) is 4.02. The first kappa shape index (κ1) is 22.5. The van der Waals surface area contributed by atoms with Crippen molar-refractivity contribution in [2.24, 2.45) is 0 Å². The van der Waals surface area contributed by atoms with E-state index >= 15 is 0 Å². The number of halogens is 1. The van der Waals surface area contributed by atoms with E-state index in [1.165, 1.54) is 70.8 Å². The third-order valence-electron chi connectivity index (χ3n) is 4.02. The zero-order valence-corrected chi connectivity index (χ0v) is 15.2. The summed E-state index contributed by atoms with van der Waals surface area (Å²) in [6.45, 7) is 5.59. The summed E-state index contributed by atoms with van der Waals surface area (Å²) in [4.78, 5) is 0. The minimum Gasteiger partial charge on any atom is -1.00 e. The molecule has 124 valence electrons. The summed E-state index contributed by atoms with van der Waals surface area (Å²) in [5.74, 6) is 0. The molecule has 0 spiro atoms. The summed E-state index contributed by atoms with van der Waals surface area (Å²) in [6.07, 6.45) is 14.2. The van der Waals surface area contributed by atoms with Crippen LogP contribution in [0.1, 0.15) is 71.1 Å². The monoisotopic (exact) mass is 307 g/mol. The predicted molar refractivity (Wildman–Crippen MR) is 85.6 cm³/mol. The van der Waals surface area contributed by atoms with Crippen LogP contribution in [0.4, 0.5) is 0 Å². The molecule has 0 rings (SSSR count). The lowest BCUT2D eigenvalue weighted by Gasteiger charge is -2.29. The summed E-state index contributed by atoms with van der Waals surface area (Å²) < 4.78 is 6.26. The highest BCUT2D eigenvalue weighted by atomic mass is 35.5. The summed E-state index contributed by atoms with van der Waals surface area (Å²) in [5.41, 5.74) is 0. The molecule has 2 nitrogen and oxygen atoms in total. The van der Waals surface area contributed by atoms with E-state index in [9.17, 15) is 0 Å². The van der Waals surface area contributed by atoms with Crippen LogP contribution < -0.4 is 12.4 Å². The highest BCUT2D eigenvalue weighted by Crippen LogP contribution is 2.11. The second-order valence-electron chi connectivity index (χ2n) is 6.56. The van der Waals surface area contributed by atoms with Crippen molar-refractivity contribution in [2.45, 2.75) is 71.1 Å². The molecule has 0 saturated carbocycles. The lowest BCUT2D eigenvalue weighted by Crippen LogP contribution is -3.00. The normalized spacial score (nSPS) is 11.4. The van der Waals surface area contributed by atoms with Crippen molar-refractivity contribution in [3.8, 4) is 0 Å². The van der Waals surface area contributed by atoms with Gasteiger partial charge in [0.25, 0.3) is 0 Å². The number of methoxy groups -OCH3 is 1. The summed E-state index contributed by atoms with van der Waals surface area (Å²) in [7, 11) is 6.42. The molecule has 0 unspecified atom stereocenters. The van der Waals surface area contributed by atoms with Gasteiger partial charge in [0.05, 0.1) is 27.2 Å². The van der Waals surface area contributed by atoms with Gasteiger partial charge in [-0.05, 0) is 12.8 Å². The van der Waals surface area contributed by atoms with Crippen LogP contribution in [0.15, 0.2) is 0 Å². The Kier molecular flexibility index (Phi) is 17.5. The predicted octanol–water partition coefficient (Wildman–Crippen LogP) is 1.63. The number of unbranched alkanes of at least 4 members (excludes halogenated alkanes) is 9. The number of hydrogen-bond donors (Lipinski definition) is 0. The van der Waals surface area contributed by atoms with Gasteiger partial charge in [-0.15, -0.1) is 0 Å². The van der Waals surface area contributed by atoms with Gasteiger partial charge < -0.3 is 21.6 Å². The molecule has 0 radical (unpaired) electrons. The van der Waals surface area contributed by atoms with Crippen molar-refractivity contribution < 1.29 is 21.6 Å². The van der Waals surface area contributed by atoms with E-state index in [4.69, 9.17) is 4.74 Å². The van der Waals surface area contributed by atoms with E-state index in [2.05, 4.69) is 21.0 Å². The van der Waals surface area contributed by atoms with Crippen molar-refractivity contribution in [2.75, 3.05) is 40.9 Å². The number of rotatable bonds is 14. The van der Waals surface area contributed by atoms with Crippen LogP contribution >= 0.6 is 0 Å². The van der Waals surface area contributed by atoms with Gasteiger partial charge >= 0.3 is 0 Å². The number of quaternary nitrogens is 1. The molecule has 0 amide bonds. The van der Waals surface area contributed by atoms with Crippen molar-refractivity contribution >= 4 is 0 Å². The molecule has 0 saturated heterocycles. The molecule has 0 heterocycles. The van der Waals surface area contributed by atoms with Gasteiger partial charge in [0.15, 0.2) is 0 Å². The van der Waals surface area contributed by atoms with E-state index < -0.39 is 0 Å². The molecule has 0 aromatic rings. The number of likely N-dealkylation sites (N-methyl/N-ethyl adjacent to an activating group) is 1. The zero-order chi connectivity index (χ0) is 14.4. The Bertz CT molecular complexity index is 186. The van der Waals surface area contributed by atoms with Gasteiger partial charge in [0.1, 0.15) is 6.54 Å². The first-order chi connectivity index (χ1) is 9.12. The van der Waals surface area contributed by atoms with Crippen LogP contribution in [-0.2, 0) is 4.74 Å². The standard InChI is InChI=1S/C17H38NO.ClH/c1-5-6-7-8-9-10-11-12-13-14-15-18(2,3)16-17-19-4;/h5-17H2,1-4H3;1H/q+1;/p-1. The van der Waals surface area contributed by atoms with Gasteiger partial charge in [-0.25, -0.2) is 0 Å². The summed E-state index contributed by atoms with van der Waals surface area (Å²) >= 11 is 0. The van der Waals surface area contributed by atoms with E-state index in [0.717, 1.165) is 17.6 Å². The van der Waals surface area contributed by atoms with E-state index in [1.54, 1.807) is 7.11 Å². The highest BCUT2D eigenvalue weighted by molar-refractivity contribution is 4.47. The zero-order valence-electron chi connectivity index (χ0n) is 14.4. The maximum absolute atomic E-state index is 5.16. The Morgan fingerprint density at radius 2 is 1.15 bits per heavy atom. The highest BCUT2D eigenvalue weighted by Gasteiger charge is 2.13. The Balaban J connectivity index is 0. The molecular formula is C17H38ClNO. The minimum atomic E-state index is 0. The van der Waals surface area contributed by atoms with Crippen LogP contribution in [0.25, 0.3) is 0 Å². The number of ether oxygens (including phenoxy) is 1. The van der Waals surface area contributed by atoms with Crippen molar-refractivity contribution in [3.63, 3.8) is 0 Å². The molecule has 0 aromatic carbocycles. The Morgan fingerprint density at radius 1 is 0.700 bits per heavy atom. The maximum Gasteiger partial charge on any atom is 0.102 e. The first-order valence-electron chi connectivity index (χ1n) is 8.43. The Morgan fingerprint density at radius 3 is 1.60 bits per heavy atom. The summed E-state index contributed by atoms with van der Waals surface area (Å²) in [6, 6.07) is 0. The van der Waals surface area contributed by atoms with Gasteiger partial charge in [0.2, 0.25) is 0 Å². The van der Waals surface area contributed by atoms with Gasteiger partial charge in [-0.2, -0.15) is 0 Å². The molecule has 3 heteroatoms. The quantitative estimate of drug-likeness (QED) is 0.350. The minimum absolute atomic E-state index is 0. The number of nitrogens with zero attached hydrogens (tertiary/aromatic N) is 1. The molecular weight excluding hydrogens is 270 g/mol. The van der Waals surface area contributed by atoms with E-state index in [0.29, 0.717) is 0 Å². The fourth-order valence-corrected chi connectivity index (χ4v) is 2.48. The largest absolute Gasteiger partial charge is 1.00 e. The van der Waals surface area contributed by atoms with Crippen LogP contribution in [0.2, 0.25) is 0 Å². The molecule has 0 aliphatic rings.